The van der Waals surface area contributed by atoms with E-state index in [1.54, 1.807) is 11.4 Å². The summed E-state index contributed by atoms with van der Waals surface area (Å²) in [5.41, 5.74) is 0.856. The summed E-state index contributed by atoms with van der Waals surface area (Å²) in [7, 11) is 0. The average molecular weight is 212 g/mol. The molecule has 0 unspecified atom stereocenters. The number of aromatic nitrogens is 1. The molecule has 2 rings (SSSR count). The van der Waals surface area contributed by atoms with E-state index >= 15 is 0 Å². The summed E-state index contributed by atoms with van der Waals surface area (Å²) in [6.07, 6.45) is 0. The third kappa shape index (κ3) is 1.66. The average Bonchev–Trinajstić information content (AvgIpc) is 2.53. The highest BCUT2D eigenvalue weighted by Crippen LogP contribution is 2.31. The molecule has 1 aromatic carbocycles. The summed E-state index contributed by atoms with van der Waals surface area (Å²) >= 11 is 7.32. The van der Waals surface area contributed by atoms with Gasteiger partial charge in [-0.1, -0.05) is 29.8 Å². The smallest absolute Gasteiger partial charge is 0.222 e. The first-order valence-electron chi connectivity index (χ1n) is 3.67. The molecule has 66 valence electrons. The fraction of sp³-hybridized carbons (Fsp3) is 0. The molecular weight excluding hydrogens is 206 g/mol. The lowest BCUT2D eigenvalue weighted by Gasteiger charge is -1.97. The zero-order valence-electron chi connectivity index (χ0n) is 6.57. The van der Waals surface area contributed by atoms with Gasteiger partial charge in [0, 0.05) is 5.56 Å². The monoisotopic (exact) mass is 211 g/mol. The van der Waals surface area contributed by atoms with Gasteiger partial charge in [-0.25, -0.2) is 4.98 Å². The molecule has 0 aliphatic rings. The van der Waals surface area contributed by atoms with Crippen LogP contribution < -0.4 is 0 Å². The number of nitrogens with zero attached hydrogens (tertiary/aromatic N) is 1. The molecule has 2 aromatic rings. The van der Waals surface area contributed by atoms with Crippen molar-refractivity contribution in [2.45, 2.75) is 0 Å². The number of halogens is 1. The topological polar surface area (TPSA) is 33.1 Å². The molecular formula is C9H6ClNOS. The highest BCUT2D eigenvalue weighted by atomic mass is 35.5. The minimum Gasteiger partial charge on any atom is -0.493 e. The van der Waals surface area contributed by atoms with Crippen LogP contribution in [0.3, 0.4) is 0 Å². The third-order valence-electron chi connectivity index (χ3n) is 1.60. The van der Waals surface area contributed by atoms with E-state index in [0.29, 0.717) is 5.02 Å². The van der Waals surface area contributed by atoms with Crippen molar-refractivity contribution in [2.24, 2.45) is 0 Å². The van der Waals surface area contributed by atoms with Gasteiger partial charge in [0.25, 0.3) is 0 Å². The first-order valence-corrected chi connectivity index (χ1v) is 4.92. The second-order valence-corrected chi connectivity index (χ2v) is 3.76. The number of benzene rings is 1. The highest BCUT2D eigenvalue weighted by Gasteiger charge is 2.06. The molecule has 13 heavy (non-hydrogen) atoms. The Balaban J connectivity index is 2.52. The molecule has 0 aliphatic carbocycles. The molecule has 4 heteroatoms. The normalized spacial score (nSPS) is 10.2. The van der Waals surface area contributed by atoms with E-state index in [-0.39, 0.29) is 5.88 Å². The second kappa shape index (κ2) is 3.36. The molecule has 0 amide bonds. The molecule has 0 saturated heterocycles. The van der Waals surface area contributed by atoms with E-state index < -0.39 is 0 Å². The van der Waals surface area contributed by atoms with Crippen molar-refractivity contribution in [3.63, 3.8) is 0 Å². The molecule has 0 spiro atoms. The molecule has 1 aromatic heterocycles. The van der Waals surface area contributed by atoms with Crippen LogP contribution >= 0.6 is 22.9 Å². The van der Waals surface area contributed by atoms with Crippen molar-refractivity contribution in [3.8, 4) is 16.5 Å². The Morgan fingerprint density at radius 3 is 2.69 bits per heavy atom. The van der Waals surface area contributed by atoms with Gasteiger partial charge in [-0.3, -0.25) is 0 Å². The van der Waals surface area contributed by atoms with Crippen LogP contribution in [0.25, 0.3) is 10.6 Å². The Morgan fingerprint density at radius 1 is 1.31 bits per heavy atom. The molecule has 0 radical (unpaired) electrons. The molecule has 0 aliphatic heterocycles. The van der Waals surface area contributed by atoms with Crippen molar-refractivity contribution in [2.75, 3.05) is 0 Å². The maximum Gasteiger partial charge on any atom is 0.222 e. The van der Waals surface area contributed by atoms with Gasteiger partial charge in [-0.15, -0.1) is 11.3 Å². The van der Waals surface area contributed by atoms with Gasteiger partial charge in [0.1, 0.15) is 5.01 Å². The number of thiazole rings is 1. The zero-order valence-corrected chi connectivity index (χ0v) is 8.14. The van der Waals surface area contributed by atoms with E-state index in [4.69, 9.17) is 16.7 Å². The molecule has 0 atom stereocenters. The Kier molecular flexibility index (Phi) is 2.20. The standard InChI is InChI=1S/C9H6ClNOS/c10-7-4-2-1-3-6(7)9-11-8(12)5-13-9/h1-5,12H. The van der Waals surface area contributed by atoms with Gasteiger partial charge < -0.3 is 5.11 Å². The molecule has 0 saturated carbocycles. The minimum atomic E-state index is 0.0416. The summed E-state index contributed by atoms with van der Waals surface area (Å²) in [6.45, 7) is 0. The fourth-order valence-electron chi connectivity index (χ4n) is 1.02. The van der Waals surface area contributed by atoms with Crippen LogP contribution in [-0.4, -0.2) is 10.1 Å². The van der Waals surface area contributed by atoms with Gasteiger partial charge in [-0.05, 0) is 6.07 Å². The molecule has 0 bridgehead atoms. The lowest BCUT2D eigenvalue weighted by molar-refractivity contribution is 0.458. The van der Waals surface area contributed by atoms with Crippen LogP contribution in [0, 0.1) is 0 Å². The van der Waals surface area contributed by atoms with Gasteiger partial charge in [0.15, 0.2) is 0 Å². The lowest BCUT2D eigenvalue weighted by Crippen LogP contribution is -1.76. The Morgan fingerprint density at radius 2 is 2.08 bits per heavy atom. The van der Waals surface area contributed by atoms with Crippen molar-refractivity contribution in [1.29, 1.82) is 0 Å². The number of rotatable bonds is 1. The molecule has 2 nitrogen and oxygen atoms in total. The van der Waals surface area contributed by atoms with Crippen molar-refractivity contribution >= 4 is 22.9 Å². The Hall–Kier alpha value is -1.06. The minimum absolute atomic E-state index is 0.0416. The number of aromatic hydroxyl groups is 1. The van der Waals surface area contributed by atoms with Crippen molar-refractivity contribution < 1.29 is 5.11 Å². The maximum absolute atomic E-state index is 9.06. The summed E-state index contributed by atoms with van der Waals surface area (Å²) < 4.78 is 0. The van der Waals surface area contributed by atoms with Crippen LogP contribution in [0.4, 0.5) is 0 Å². The Labute approximate surface area is 84.4 Å². The molecule has 1 N–H and O–H groups in total. The van der Waals surface area contributed by atoms with Crippen molar-refractivity contribution in [1.82, 2.24) is 4.98 Å². The predicted octanol–water partition coefficient (Wildman–Crippen LogP) is 3.17. The first-order chi connectivity index (χ1) is 6.27. The third-order valence-corrected chi connectivity index (χ3v) is 2.79. The quantitative estimate of drug-likeness (QED) is 0.786. The largest absolute Gasteiger partial charge is 0.493 e. The second-order valence-electron chi connectivity index (χ2n) is 2.49. The Bertz CT molecular complexity index is 427. The van der Waals surface area contributed by atoms with Crippen LogP contribution in [0.5, 0.6) is 5.88 Å². The summed E-state index contributed by atoms with van der Waals surface area (Å²) in [6, 6.07) is 7.43. The van der Waals surface area contributed by atoms with Crippen molar-refractivity contribution in [3.05, 3.63) is 34.7 Å². The van der Waals surface area contributed by atoms with E-state index in [9.17, 15) is 0 Å². The fourth-order valence-corrected chi connectivity index (χ4v) is 2.03. The summed E-state index contributed by atoms with van der Waals surface area (Å²) in [4.78, 5) is 3.93. The maximum atomic E-state index is 9.06. The van der Waals surface area contributed by atoms with E-state index in [2.05, 4.69) is 4.98 Å². The van der Waals surface area contributed by atoms with E-state index in [0.717, 1.165) is 10.6 Å². The molecule has 0 fully saturated rings. The van der Waals surface area contributed by atoms with Crippen LogP contribution in [-0.2, 0) is 0 Å². The summed E-state index contributed by atoms with van der Waals surface area (Å²) in [5, 5.41) is 12.0. The van der Waals surface area contributed by atoms with Gasteiger partial charge in [0.05, 0.1) is 10.4 Å². The van der Waals surface area contributed by atoms with Crippen LogP contribution in [0.1, 0.15) is 0 Å². The van der Waals surface area contributed by atoms with Gasteiger partial charge >= 0.3 is 0 Å². The lowest BCUT2D eigenvalue weighted by atomic mass is 10.2. The SMILES string of the molecule is Oc1csc(-c2ccccc2Cl)n1. The van der Waals surface area contributed by atoms with Crippen LogP contribution in [0.15, 0.2) is 29.6 Å². The van der Waals surface area contributed by atoms with Gasteiger partial charge in [-0.2, -0.15) is 0 Å². The molecule has 1 heterocycles. The first kappa shape index (κ1) is 8.53. The summed E-state index contributed by atoms with van der Waals surface area (Å²) in [5.74, 6) is 0.0416. The highest BCUT2D eigenvalue weighted by molar-refractivity contribution is 7.13. The van der Waals surface area contributed by atoms with E-state index in [1.165, 1.54) is 11.3 Å². The van der Waals surface area contributed by atoms with Gasteiger partial charge in [0.2, 0.25) is 5.88 Å². The van der Waals surface area contributed by atoms with E-state index in [1.807, 2.05) is 18.2 Å². The zero-order chi connectivity index (χ0) is 9.26. The number of hydrogen-bond donors (Lipinski definition) is 1. The van der Waals surface area contributed by atoms with Crippen LogP contribution in [0.2, 0.25) is 5.02 Å². The predicted molar refractivity (Wildman–Crippen MR) is 54.2 cm³/mol. The number of hydrogen-bond acceptors (Lipinski definition) is 3.